The summed E-state index contributed by atoms with van der Waals surface area (Å²) in [4.78, 5) is 15.6. The van der Waals surface area contributed by atoms with Crippen molar-refractivity contribution in [3.8, 4) is 5.75 Å². The van der Waals surface area contributed by atoms with Crippen molar-refractivity contribution in [2.45, 2.75) is 29.4 Å². The number of nitrogens with one attached hydrogen (secondary N) is 1. The number of benzene rings is 2. The van der Waals surface area contributed by atoms with Crippen LogP contribution in [-0.2, 0) is 25.8 Å². The summed E-state index contributed by atoms with van der Waals surface area (Å²) in [5.74, 6) is -0.144. The molecule has 3 rings (SSSR count). The second kappa shape index (κ2) is 12.6. The molecule has 0 unspecified atom stereocenters. The maximum atomic E-state index is 12.9. The summed E-state index contributed by atoms with van der Waals surface area (Å²) >= 11 is 5.95. The van der Waals surface area contributed by atoms with Gasteiger partial charge in [0.05, 0.1) is 17.6 Å². The molecular formula is C25H27ClN2O6S. The molecule has 186 valence electrons. The topological polar surface area (TPSA) is 115 Å². The number of pyridine rings is 1. The molecule has 0 radical (unpaired) electrons. The first-order chi connectivity index (χ1) is 16.8. The van der Waals surface area contributed by atoms with Crippen molar-refractivity contribution in [2.75, 3.05) is 26.3 Å². The Bertz CT molecular complexity index is 1220. The maximum absolute atomic E-state index is 12.9. The van der Waals surface area contributed by atoms with E-state index in [0.29, 0.717) is 30.3 Å². The number of aromatic nitrogens is 1. The normalized spacial score (nSPS) is 12.2. The molecule has 0 spiro atoms. The number of aliphatic hydroxyl groups is 1. The molecule has 0 aliphatic rings. The Labute approximate surface area is 209 Å². The smallest absolute Gasteiger partial charge is 0.344 e. The zero-order chi connectivity index (χ0) is 25.3. The van der Waals surface area contributed by atoms with Crippen LogP contribution in [-0.4, -0.2) is 50.8 Å². The van der Waals surface area contributed by atoms with Crippen LogP contribution < -0.4 is 10.1 Å². The third-order valence-corrected chi connectivity index (χ3v) is 6.95. The third-order valence-electron chi connectivity index (χ3n) is 5.03. The summed E-state index contributed by atoms with van der Waals surface area (Å²) in [5.41, 5.74) is 1.59. The van der Waals surface area contributed by atoms with Gasteiger partial charge < -0.3 is 19.9 Å². The van der Waals surface area contributed by atoms with Gasteiger partial charge in [-0.2, -0.15) is 0 Å². The molecule has 1 aromatic heterocycles. The van der Waals surface area contributed by atoms with Crippen LogP contribution in [0, 0.1) is 0 Å². The van der Waals surface area contributed by atoms with E-state index in [-0.39, 0.29) is 23.1 Å². The minimum atomic E-state index is -3.80. The molecule has 3 aromatic rings. The number of hydrogen-bond donors (Lipinski definition) is 2. The molecule has 10 heteroatoms. The van der Waals surface area contributed by atoms with Crippen molar-refractivity contribution in [3.05, 3.63) is 83.0 Å². The molecular weight excluding hydrogens is 492 g/mol. The first kappa shape index (κ1) is 26.6. The van der Waals surface area contributed by atoms with Gasteiger partial charge in [0.2, 0.25) is 9.84 Å². The zero-order valence-corrected chi connectivity index (χ0v) is 20.8. The van der Waals surface area contributed by atoms with E-state index >= 15 is 0 Å². The number of ether oxygens (including phenoxy) is 2. The first-order valence-electron chi connectivity index (χ1n) is 11.0. The molecule has 0 fully saturated rings. The molecule has 0 aliphatic carbocycles. The van der Waals surface area contributed by atoms with Gasteiger partial charge in [0, 0.05) is 17.8 Å². The van der Waals surface area contributed by atoms with Crippen LogP contribution in [0.25, 0.3) is 0 Å². The number of nitrogens with zero attached hydrogens (tertiary/aromatic N) is 1. The lowest BCUT2D eigenvalue weighted by Crippen LogP contribution is -2.23. The first-order valence-corrected chi connectivity index (χ1v) is 12.9. The van der Waals surface area contributed by atoms with Gasteiger partial charge in [-0.15, -0.1) is 0 Å². The number of aliphatic hydroxyl groups excluding tert-OH is 1. The van der Waals surface area contributed by atoms with Gasteiger partial charge >= 0.3 is 5.97 Å². The molecule has 0 aliphatic heterocycles. The monoisotopic (exact) mass is 518 g/mol. The second-order valence-corrected chi connectivity index (χ2v) is 9.93. The van der Waals surface area contributed by atoms with Crippen molar-refractivity contribution in [1.29, 1.82) is 0 Å². The van der Waals surface area contributed by atoms with Gasteiger partial charge in [-0.1, -0.05) is 29.8 Å². The van der Waals surface area contributed by atoms with Crippen LogP contribution in [0.15, 0.2) is 76.8 Å². The van der Waals surface area contributed by atoms with Gasteiger partial charge in [-0.3, -0.25) is 0 Å². The molecule has 2 N–H and O–H groups in total. The highest BCUT2D eigenvalue weighted by atomic mass is 35.5. The Hall–Kier alpha value is -2.98. The predicted octanol–water partition coefficient (Wildman–Crippen LogP) is 3.38. The largest absolute Gasteiger partial charge is 0.482 e. The van der Waals surface area contributed by atoms with Crippen LogP contribution in [0.4, 0.5) is 0 Å². The molecule has 1 atom stereocenters. The van der Waals surface area contributed by atoms with Crippen molar-refractivity contribution in [2.24, 2.45) is 0 Å². The highest BCUT2D eigenvalue weighted by Gasteiger charge is 2.19. The predicted molar refractivity (Wildman–Crippen MR) is 131 cm³/mol. The SMILES string of the molecule is CCOC(=O)COc1ccc(S(=O)(=O)c2ccc(CCNC[C@H](O)c3cccc(Cl)c3)cn2)cc1. The van der Waals surface area contributed by atoms with E-state index < -0.39 is 21.9 Å². The third kappa shape index (κ3) is 7.76. The number of hydrogen-bond acceptors (Lipinski definition) is 8. The number of carbonyl (C=O) groups is 1. The van der Waals surface area contributed by atoms with E-state index in [1.807, 2.05) is 6.07 Å². The fourth-order valence-electron chi connectivity index (χ4n) is 3.20. The summed E-state index contributed by atoms with van der Waals surface area (Å²) in [6.07, 6.45) is 1.46. The van der Waals surface area contributed by atoms with Crippen molar-refractivity contribution in [1.82, 2.24) is 10.3 Å². The molecule has 2 aromatic carbocycles. The fourth-order valence-corrected chi connectivity index (χ4v) is 4.57. The summed E-state index contributed by atoms with van der Waals surface area (Å²) in [6.45, 7) is 2.65. The highest BCUT2D eigenvalue weighted by molar-refractivity contribution is 7.91. The summed E-state index contributed by atoms with van der Waals surface area (Å²) in [7, 11) is -3.80. The highest BCUT2D eigenvalue weighted by Crippen LogP contribution is 2.22. The van der Waals surface area contributed by atoms with Crippen LogP contribution >= 0.6 is 11.6 Å². The Morgan fingerprint density at radius 3 is 2.57 bits per heavy atom. The van der Waals surface area contributed by atoms with E-state index in [4.69, 9.17) is 21.1 Å². The molecule has 0 saturated carbocycles. The second-order valence-electron chi connectivity index (χ2n) is 7.60. The van der Waals surface area contributed by atoms with E-state index in [0.717, 1.165) is 11.1 Å². The molecule has 35 heavy (non-hydrogen) atoms. The van der Waals surface area contributed by atoms with E-state index in [1.54, 1.807) is 31.2 Å². The standard InChI is InChI=1S/C25H27ClN2O6S/c1-2-33-25(30)17-34-21-7-9-22(10-8-21)35(31,32)24-11-6-18(15-28-24)12-13-27-16-23(29)19-4-3-5-20(26)14-19/h3-11,14-15,23,27,29H,2,12-13,16-17H2,1H3/t23-/m0/s1. The van der Waals surface area contributed by atoms with Crippen molar-refractivity contribution >= 4 is 27.4 Å². The number of esters is 1. The summed E-state index contributed by atoms with van der Waals surface area (Å²) in [6, 6.07) is 16.0. The summed E-state index contributed by atoms with van der Waals surface area (Å²) < 4.78 is 35.8. The Balaban J connectivity index is 1.51. The average molecular weight is 519 g/mol. The minimum Gasteiger partial charge on any atom is -0.482 e. The maximum Gasteiger partial charge on any atom is 0.344 e. The van der Waals surface area contributed by atoms with Gasteiger partial charge in [0.1, 0.15) is 5.75 Å². The summed E-state index contributed by atoms with van der Waals surface area (Å²) in [5, 5.41) is 13.9. The number of carbonyl (C=O) groups excluding carboxylic acids is 1. The minimum absolute atomic E-state index is 0.0641. The molecule has 0 saturated heterocycles. The lowest BCUT2D eigenvalue weighted by atomic mass is 10.1. The van der Waals surface area contributed by atoms with Gasteiger partial charge in [-0.25, -0.2) is 18.2 Å². The Morgan fingerprint density at radius 2 is 1.91 bits per heavy atom. The van der Waals surface area contributed by atoms with E-state index in [9.17, 15) is 18.3 Å². The van der Waals surface area contributed by atoms with Gasteiger partial charge in [-0.05, 0) is 73.5 Å². The van der Waals surface area contributed by atoms with E-state index in [1.165, 1.54) is 36.5 Å². The fraction of sp³-hybridized carbons (Fsp3) is 0.280. The van der Waals surface area contributed by atoms with Crippen LogP contribution in [0.1, 0.15) is 24.2 Å². The lowest BCUT2D eigenvalue weighted by molar-refractivity contribution is -0.145. The number of sulfone groups is 1. The van der Waals surface area contributed by atoms with Gasteiger partial charge in [0.15, 0.2) is 11.6 Å². The number of rotatable bonds is 12. The van der Waals surface area contributed by atoms with Gasteiger partial charge in [0.25, 0.3) is 0 Å². The average Bonchev–Trinajstić information content (AvgIpc) is 2.86. The van der Waals surface area contributed by atoms with Crippen LogP contribution in [0.5, 0.6) is 5.75 Å². The van der Waals surface area contributed by atoms with Crippen molar-refractivity contribution < 1.29 is 27.8 Å². The molecule has 0 bridgehead atoms. The van der Waals surface area contributed by atoms with Crippen LogP contribution in [0.3, 0.4) is 0 Å². The Morgan fingerprint density at radius 1 is 1.14 bits per heavy atom. The van der Waals surface area contributed by atoms with Crippen LogP contribution in [0.2, 0.25) is 5.02 Å². The quantitative estimate of drug-likeness (QED) is 0.277. The molecule has 0 amide bonds. The molecule has 1 heterocycles. The Kier molecular flexibility index (Phi) is 9.62. The lowest BCUT2D eigenvalue weighted by Gasteiger charge is -2.12. The number of halogens is 1. The van der Waals surface area contributed by atoms with Crippen molar-refractivity contribution in [3.63, 3.8) is 0 Å². The molecule has 8 nitrogen and oxygen atoms in total. The van der Waals surface area contributed by atoms with E-state index in [2.05, 4.69) is 10.3 Å². The zero-order valence-electron chi connectivity index (χ0n) is 19.2.